The van der Waals surface area contributed by atoms with Gasteiger partial charge < -0.3 is 29.6 Å². The lowest BCUT2D eigenvalue weighted by molar-refractivity contribution is 0.240. The van der Waals surface area contributed by atoms with Crippen molar-refractivity contribution >= 4 is 23.4 Å². The van der Waals surface area contributed by atoms with Crippen molar-refractivity contribution in [3.8, 4) is 11.5 Å². The van der Waals surface area contributed by atoms with E-state index in [0.717, 1.165) is 22.8 Å². The molecule has 3 rings (SSSR count). The summed E-state index contributed by atoms with van der Waals surface area (Å²) in [5.74, 6) is 1.94. The maximum Gasteiger partial charge on any atom is 0.314 e. The molecule has 1 heterocycles. The van der Waals surface area contributed by atoms with Gasteiger partial charge in [-0.1, -0.05) is 12.1 Å². The molecule has 0 aliphatic rings. The average Bonchev–Trinajstić information content (AvgIpc) is 3.28. The number of methoxy groups -OCH3 is 2. The fraction of sp³-hybridized carbons (Fsp3) is 0.320. The number of anilines is 2. The minimum atomic E-state index is -0.253. The summed E-state index contributed by atoms with van der Waals surface area (Å²) in [5, 5.41) is 14.4. The molecular formula is C25H32N6O3. The molecule has 9 nitrogen and oxygen atoms in total. The summed E-state index contributed by atoms with van der Waals surface area (Å²) < 4.78 is 12.9. The van der Waals surface area contributed by atoms with Crippen molar-refractivity contribution in [2.75, 3.05) is 33.2 Å². The van der Waals surface area contributed by atoms with Crippen LogP contribution in [0.4, 0.5) is 16.4 Å². The molecule has 180 valence electrons. The van der Waals surface area contributed by atoms with E-state index in [1.54, 1.807) is 27.5 Å². The quantitative estimate of drug-likeness (QED) is 0.421. The van der Waals surface area contributed by atoms with Crippen LogP contribution in [0.3, 0.4) is 0 Å². The molecule has 34 heavy (non-hydrogen) atoms. The van der Waals surface area contributed by atoms with Crippen LogP contribution in [0.1, 0.15) is 23.6 Å². The second-order valence-corrected chi connectivity index (χ2v) is 8.01. The number of urea groups is 1. The second-order valence-electron chi connectivity index (χ2n) is 8.01. The Bertz CT molecular complexity index is 1160. The molecule has 0 fully saturated rings. The van der Waals surface area contributed by atoms with E-state index in [2.05, 4.69) is 15.6 Å². The summed E-state index contributed by atoms with van der Waals surface area (Å²) in [6.45, 7) is 1.92. The van der Waals surface area contributed by atoms with Crippen LogP contribution in [0.2, 0.25) is 0 Å². The molecule has 0 saturated heterocycles. The number of aryl methyl sites for hydroxylation is 1. The summed E-state index contributed by atoms with van der Waals surface area (Å²) in [6, 6.07) is 11.1. The molecule has 0 radical (unpaired) electrons. The zero-order valence-corrected chi connectivity index (χ0v) is 20.5. The van der Waals surface area contributed by atoms with Gasteiger partial charge >= 0.3 is 6.03 Å². The Kier molecular flexibility index (Phi) is 7.78. The Morgan fingerprint density at radius 3 is 2.38 bits per heavy atom. The zero-order valence-electron chi connectivity index (χ0n) is 20.5. The molecule has 0 spiro atoms. The first-order chi connectivity index (χ1) is 16.3. The average molecular weight is 465 g/mol. The van der Waals surface area contributed by atoms with E-state index in [9.17, 15) is 4.79 Å². The Labute approximate surface area is 200 Å². The maximum absolute atomic E-state index is 11.8. The van der Waals surface area contributed by atoms with Crippen molar-refractivity contribution in [1.29, 1.82) is 5.41 Å². The molecule has 0 aliphatic heterocycles. The van der Waals surface area contributed by atoms with E-state index in [0.29, 0.717) is 29.2 Å². The Hall–Kier alpha value is -4.01. The number of ether oxygens (including phenoxy) is 2. The fourth-order valence-corrected chi connectivity index (χ4v) is 3.80. The van der Waals surface area contributed by atoms with Gasteiger partial charge in [-0.15, -0.1) is 0 Å². The van der Waals surface area contributed by atoms with Crippen LogP contribution in [-0.4, -0.2) is 55.7 Å². The lowest BCUT2D eigenvalue weighted by Crippen LogP contribution is -2.40. The lowest BCUT2D eigenvalue weighted by Gasteiger charge is -2.20. The monoisotopic (exact) mass is 464 g/mol. The number of nitrogens with zero attached hydrogens (tertiary/aromatic N) is 3. The highest BCUT2D eigenvalue weighted by Crippen LogP contribution is 2.33. The number of hydrogen-bond donors (Lipinski definition) is 3. The third-order valence-corrected chi connectivity index (χ3v) is 5.65. The fourth-order valence-electron chi connectivity index (χ4n) is 3.80. The van der Waals surface area contributed by atoms with Gasteiger partial charge in [0.15, 0.2) is 11.5 Å². The molecule has 3 aromatic rings. The van der Waals surface area contributed by atoms with Crippen LogP contribution in [0, 0.1) is 5.41 Å². The molecule has 2 aromatic carbocycles. The molecule has 2 amide bonds. The van der Waals surface area contributed by atoms with Crippen LogP contribution >= 0.6 is 0 Å². The number of rotatable bonds is 9. The second kappa shape index (κ2) is 10.7. The lowest BCUT2D eigenvalue weighted by atomic mass is 9.93. The third kappa shape index (κ3) is 5.31. The molecule has 1 atom stereocenters. The maximum atomic E-state index is 11.8. The predicted molar refractivity (Wildman–Crippen MR) is 134 cm³/mol. The van der Waals surface area contributed by atoms with Crippen molar-refractivity contribution in [3.63, 3.8) is 0 Å². The first-order valence-corrected chi connectivity index (χ1v) is 10.9. The largest absolute Gasteiger partial charge is 0.493 e. The van der Waals surface area contributed by atoms with Gasteiger partial charge in [-0.3, -0.25) is 5.41 Å². The van der Waals surface area contributed by atoms with Gasteiger partial charge in [-0.2, -0.15) is 0 Å². The Morgan fingerprint density at radius 1 is 1.18 bits per heavy atom. The van der Waals surface area contributed by atoms with Crippen molar-refractivity contribution in [3.05, 3.63) is 65.5 Å². The van der Waals surface area contributed by atoms with Gasteiger partial charge in [0.2, 0.25) is 5.95 Å². The van der Waals surface area contributed by atoms with Gasteiger partial charge in [-0.05, 0) is 43.2 Å². The first-order valence-electron chi connectivity index (χ1n) is 10.9. The first kappa shape index (κ1) is 24.6. The smallest absolute Gasteiger partial charge is 0.314 e. The van der Waals surface area contributed by atoms with Crippen LogP contribution in [0.25, 0.3) is 0 Å². The highest BCUT2D eigenvalue weighted by atomic mass is 16.5. The van der Waals surface area contributed by atoms with E-state index < -0.39 is 0 Å². The van der Waals surface area contributed by atoms with E-state index in [4.69, 9.17) is 14.9 Å². The van der Waals surface area contributed by atoms with Crippen molar-refractivity contribution in [1.82, 2.24) is 20.2 Å². The van der Waals surface area contributed by atoms with Crippen LogP contribution < -0.4 is 25.0 Å². The minimum Gasteiger partial charge on any atom is -0.493 e. The van der Waals surface area contributed by atoms with Crippen LogP contribution in [0.5, 0.6) is 11.5 Å². The number of imidazole rings is 1. The summed E-state index contributed by atoms with van der Waals surface area (Å²) in [7, 11) is 8.63. The van der Waals surface area contributed by atoms with E-state index >= 15 is 0 Å². The number of aromatic nitrogens is 2. The molecule has 0 saturated carbocycles. The van der Waals surface area contributed by atoms with Gasteiger partial charge in [0.05, 0.1) is 19.9 Å². The molecule has 9 heteroatoms. The summed E-state index contributed by atoms with van der Waals surface area (Å²) in [4.78, 5) is 18.1. The Balaban J connectivity index is 1.93. The number of hydrogen-bond acceptors (Lipinski definition) is 6. The molecule has 0 aliphatic carbocycles. The number of nitrogens with one attached hydrogen (secondary N) is 3. The summed E-state index contributed by atoms with van der Waals surface area (Å²) >= 11 is 0. The number of carbonyl (C=O) groups is 1. The predicted octanol–water partition coefficient (Wildman–Crippen LogP) is 3.48. The van der Waals surface area contributed by atoms with Crippen molar-refractivity contribution in [2.24, 2.45) is 7.05 Å². The van der Waals surface area contributed by atoms with Gasteiger partial charge in [0.1, 0.15) is 0 Å². The van der Waals surface area contributed by atoms with E-state index in [-0.39, 0.29) is 12.1 Å². The normalized spacial score (nSPS) is 11.5. The highest BCUT2D eigenvalue weighted by molar-refractivity contribution is 6.12. The van der Waals surface area contributed by atoms with E-state index in [1.807, 2.05) is 73.1 Å². The third-order valence-electron chi connectivity index (χ3n) is 5.65. The minimum absolute atomic E-state index is 0.154. The molecule has 3 N–H and O–H groups in total. The summed E-state index contributed by atoms with van der Waals surface area (Å²) in [5.41, 5.74) is 3.67. The van der Waals surface area contributed by atoms with E-state index in [1.165, 1.54) is 0 Å². The van der Waals surface area contributed by atoms with Gasteiger partial charge in [0, 0.05) is 56.4 Å². The zero-order chi connectivity index (χ0) is 24.8. The standard InChI is InChI=1S/C25H32N6O3/c1-16(29-24(32)27-2)13-18-14-21(33-5)22(34-6)15-20(18)23(26)17-7-9-19(10-8-17)31(4)25-28-11-12-30(25)3/h7-12,14-16,26H,13H2,1-6H3,(H2,27,29,32)/t16-/m0/s1. The molecule has 1 aromatic heterocycles. The number of amides is 2. The molecule has 0 bridgehead atoms. The highest BCUT2D eigenvalue weighted by Gasteiger charge is 2.19. The number of carbonyl (C=O) groups excluding carboxylic acids is 1. The SMILES string of the molecule is CNC(=O)N[C@@H](C)Cc1cc(OC)c(OC)cc1C(=N)c1ccc(N(C)c2nccn2C)cc1. The van der Waals surface area contributed by atoms with Crippen molar-refractivity contribution < 1.29 is 14.3 Å². The molecular weight excluding hydrogens is 432 g/mol. The Morgan fingerprint density at radius 2 is 1.82 bits per heavy atom. The molecule has 0 unspecified atom stereocenters. The summed E-state index contributed by atoms with van der Waals surface area (Å²) in [6.07, 6.45) is 4.18. The van der Waals surface area contributed by atoms with Crippen LogP contribution in [-0.2, 0) is 13.5 Å². The van der Waals surface area contributed by atoms with Gasteiger partial charge in [0.25, 0.3) is 0 Å². The van der Waals surface area contributed by atoms with Gasteiger partial charge in [-0.25, -0.2) is 9.78 Å². The van der Waals surface area contributed by atoms with Crippen molar-refractivity contribution in [2.45, 2.75) is 19.4 Å². The number of benzene rings is 2. The van der Waals surface area contributed by atoms with Crippen LogP contribution in [0.15, 0.2) is 48.8 Å². The topological polar surface area (TPSA) is 104 Å².